The SMILES string of the molecule is O=C(c1cnn2cccnc12)N1CCC[C@@H]1c1nc2ccccc2[nH]1. The second-order valence-electron chi connectivity index (χ2n) is 6.24. The van der Waals surface area contributed by atoms with Gasteiger partial charge in [-0.3, -0.25) is 4.79 Å². The molecule has 1 amide bonds. The Hall–Kier alpha value is -3.22. The number of carbonyl (C=O) groups is 1. The number of imidazole rings is 1. The Bertz CT molecular complexity index is 1050. The number of carbonyl (C=O) groups excluding carboxylic acids is 1. The molecule has 5 rings (SSSR count). The van der Waals surface area contributed by atoms with Crippen molar-refractivity contribution in [3.8, 4) is 0 Å². The minimum absolute atomic E-state index is 0.0430. The first-order chi connectivity index (χ1) is 12.3. The van der Waals surface area contributed by atoms with Gasteiger partial charge in [-0.05, 0) is 31.0 Å². The van der Waals surface area contributed by atoms with Crippen LogP contribution < -0.4 is 0 Å². The van der Waals surface area contributed by atoms with Gasteiger partial charge in [0.15, 0.2) is 5.65 Å². The number of amides is 1. The molecule has 0 saturated carbocycles. The smallest absolute Gasteiger partial charge is 0.259 e. The summed E-state index contributed by atoms with van der Waals surface area (Å²) >= 11 is 0. The van der Waals surface area contributed by atoms with E-state index in [0.717, 1.165) is 29.7 Å². The fourth-order valence-corrected chi connectivity index (χ4v) is 3.56. The maximum Gasteiger partial charge on any atom is 0.259 e. The molecular formula is C18H16N6O. The molecule has 1 aliphatic rings. The van der Waals surface area contributed by atoms with Crippen molar-refractivity contribution in [1.29, 1.82) is 0 Å². The monoisotopic (exact) mass is 332 g/mol. The summed E-state index contributed by atoms with van der Waals surface area (Å²) in [4.78, 5) is 27.3. The van der Waals surface area contributed by atoms with Gasteiger partial charge in [-0.1, -0.05) is 12.1 Å². The van der Waals surface area contributed by atoms with E-state index >= 15 is 0 Å². The molecule has 0 unspecified atom stereocenters. The Balaban J connectivity index is 1.53. The van der Waals surface area contributed by atoms with E-state index < -0.39 is 0 Å². The summed E-state index contributed by atoms with van der Waals surface area (Å²) < 4.78 is 1.62. The number of benzene rings is 1. The van der Waals surface area contributed by atoms with E-state index in [1.54, 1.807) is 29.2 Å². The molecule has 4 heterocycles. The number of aromatic amines is 1. The Morgan fingerprint density at radius 1 is 1.24 bits per heavy atom. The molecule has 124 valence electrons. The van der Waals surface area contributed by atoms with E-state index in [1.165, 1.54) is 0 Å². The lowest BCUT2D eigenvalue weighted by molar-refractivity contribution is 0.0732. The number of para-hydroxylation sites is 2. The minimum atomic E-state index is -0.0448. The number of hydrogen-bond acceptors (Lipinski definition) is 4. The van der Waals surface area contributed by atoms with Crippen molar-refractivity contribution in [2.24, 2.45) is 0 Å². The predicted octanol–water partition coefficient (Wildman–Crippen LogP) is 2.58. The fourth-order valence-electron chi connectivity index (χ4n) is 3.56. The Labute approximate surface area is 143 Å². The van der Waals surface area contributed by atoms with Gasteiger partial charge in [-0.15, -0.1) is 0 Å². The van der Waals surface area contributed by atoms with Gasteiger partial charge in [0.25, 0.3) is 5.91 Å². The van der Waals surface area contributed by atoms with Crippen LogP contribution in [0.5, 0.6) is 0 Å². The van der Waals surface area contributed by atoms with Crippen LogP contribution in [0.25, 0.3) is 16.7 Å². The van der Waals surface area contributed by atoms with Gasteiger partial charge in [0, 0.05) is 18.9 Å². The van der Waals surface area contributed by atoms with E-state index in [-0.39, 0.29) is 11.9 Å². The van der Waals surface area contributed by atoms with Gasteiger partial charge >= 0.3 is 0 Å². The van der Waals surface area contributed by atoms with Gasteiger partial charge in [0.2, 0.25) is 0 Å². The molecule has 1 N–H and O–H groups in total. The highest BCUT2D eigenvalue weighted by atomic mass is 16.2. The molecule has 1 aliphatic heterocycles. The van der Waals surface area contributed by atoms with Crippen LogP contribution in [0.15, 0.2) is 48.9 Å². The molecule has 0 radical (unpaired) electrons. The van der Waals surface area contributed by atoms with Gasteiger partial charge in [-0.25, -0.2) is 14.5 Å². The summed E-state index contributed by atoms with van der Waals surface area (Å²) in [6.07, 6.45) is 6.92. The third-order valence-corrected chi connectivity index (χ3v) is 4.75. The molecule has 3 aromatic heterocycles. The van der Waals surface area contributed by atoms with Gasteiger partial charge in [0.05, 0.1) is 23.3 Å². The number of hydrogen-bond donors (Lipinski definition) is 1. The summed E-state index contributed by atoms with van der Waals surface area (Å²) in [7, 11) is 0. The summed E-state index contributed by atoms with van der Waals surface area (Å²) in [6.45, 7) is 0.713. The molecule has 4 aromatic rings. The maximum atomic E-state index is 13.1. The topological polar surface area (TPSA) is 79.2 Å². The van der Waals surface area contributed by atoms with E-state index in [2.05, 4.69) is 20.1 Å². The number of fused-ring (bicyclic) bond motifs is 2. The van der Waals surface area contributed by atoms with Crippen molar-refractivity contribution in [3.05, 3.63) is 60.3 Å². The van der Waals surface area contributed by atoms with Crippen molar-refractivity contribution in [2.45, 2.75) is 18.9 Å². The molecule has 1 saturated heterocycles. The molecule has 7 nitrogen and oxygen atoms in total. The van der Waals surface area contributed by atoms with E-state index in [1.807, 2.05) is 29.2 Å². The number of likely N-dealkylation sites (tertiary alicyclic amines) is 1. The highest BCUT2D eigenvalue weighted by Gasteiger charge is 2.34. The normalized spacial score (nSPS) is 17.6. The molecule has 1 atom stereocenters. The minimum Gasteiger partial charge on any atom is -0.340 e. The highest BCUT2D eigenvalue weighted by Crippen LogP contribution is 2.33. The van der Waals surface area contributed by atoms with Crippen LogP contribution in [0.1, 0.15) is 35.1 Å². The third-order valence-electron chi connectivity index (χ3n) is 4.75. The average molecular weight is 332 g/mol. The van der Waals surface area contributed by atoms with Crippen LogP contribution in [0.4, 0.5) is 0 Å². The number of nitrogens with zero attached hydrogens (tertiary/aromatic N) is 5. The molecule has 25 heavy (non-hydrogen) atoms. The first-order valence-corrected chi connectivity index (χ1v) is 8.35. The molecule has 7 heteroatoms. The standard InChI is InChI=1S/C18H16N6O/c25-18(12-11-20-24-10-4-8-19-17(12)24)23-9-3-7-15(23)16-21-13-5-1-2-6-14(13)22-16/h1-2,4-6,8,10-11,15H,3,7,9H2,(H,21,22)/t15-/m1/s1. The summed E-state index contributed by atoms with van der Waals surface area (Å²) in [5, 5.41) is 4.23. The van der Waals surface area contributed by atoms with Crippen LogP contribution in [0, 0.1) is 0 Å². The van der Waals surface area contributed by atoms with Crippen LogP contribution in [0.2, 0.25) is 0 Å². The zero-order valence-electron chi connectivity index (χ0n) is 13.5. The van der Waals surface area contributed by atoms with Crippen LogP contribution >= 0.6 is 0 Å². The number of aromatic nitrogens is 5. The van der Waals surface area contributed by atoms with Crippen molar-refractivity contribution >= 4 is 22.6 Å². The van der Waals surface area contributed by atoms with E-state index in [9.17, 15) is 4.79 Å². The van der Waals surface area contributed by atoms with Crippen LogP contribution in [0.3, 0.4) is 0 Å². The highest BCUT2D eigenvalue weighted by molar-refractivity contribution is 6.00. The summed E-state index contributed by atoms with van der Waals surface area (Å²) in [5.74, 6) is 0.799. The zero-order valence-corrected chi connectivity index (χ0v) is 13.5. The second kappa shape index (κ2) is 5.41. The largest absolute Gasteiger partial charge is 0.340 e. The maximum absolute atomic E-state index is 13.1. The van der Waals surface area contributed by atoms with Crippen LogP contribution in [-0.2, 0) is 0 Å². The van der Waals surface area contributed by atoms with Crippen molar-refractivity contribution < 1.29 is 4.79 Å². The molecule has 1 fully saturated rings. The molecule has 0 spiro atoms. The second-order valence-corrected chi connectivity index (χ2v) is 6.24. The van der Waals surface area contributed by atoms with Gasteiger partial charge in [0.1, 0.15) is 11.4 Å². The molecule has 0 bridgehead atoms. The van der Waals surface area contributed by atoms with E-state index in [0.29, 0.717) is 17.8 Å². The Kier molecular flexibility index (Phi) is 3.06. The van der Waals surface area contributed by atoms with Crippen LogP contribution in [-0.4, -0.2) is 41.9 Å². The van der Waals surface area contributed by atoms with E-state index in [4.69, 9.17) is 0 Å². The Morgan fingerprint density at radius 3 is 3.08 bits per heavy atom. The first kappa shape index (κ1) is 14.2. The molecule has 0 aliphatic carbocycles. The van der Waals surface area contributed by atoms with Crippen molar-refractivity contribution in [3.63, 3.8) is 0 Å². The predicted molar refractivity (Wildman–Crippen MR) is 92.1 cm³/mol. The quantitative estimate of drug-likeness (QED) is 0.612. The third kappa shape index (κ3) is 2.20. The number of rotatable bonds is 2. The lowest BCUT2D eigenvalue weighted by Gasteiger charge is -2.22. The molecular weight excluding hydrogens is 316 g/mol. The number of nitrogens with one attached hydrogen (secondary N) is 1. The summed E-state index contributed by atoms with van der Waals surface area (Å²) in [6, 6.07) is 9.68. The van der Waals surface area contributed by atoms with Gasteiger partial charge in [-0.2, -0.15) is 5.10 Å². The van der Waals surface area contributed by atoms with Crippen molar-refractivity contribution in [1.82, 2.24) is 29.5 Å². The Morgan fingerprint density at radius 2 is 2.16 bits per heavy atom. The lowest BCUT2D eigenvalue weighted by Crippen LogP contribution is -2.31. The van der Waals surface area contributed by atoms with Gasteiger partial charge < -0.3 is 9.88 Å². The first-order valence-electron chi connectivity index (χ1n) is 8.35. The molecule has 1 aromatic carbocycles. The number of H-pyrrole nitrogens is 1. The lowest BCUT2D eigenvalue weighted by atomic mass is 10.2. The fraction of sp³-hybridized carbons (Fsp3) is 0.222. The summed E-state index contributed by atoms with van der Waals surface area (Å²) in [5.41, 5.74) is 3.04. The van der Waals surface area contributed by atoms with Crippen molar-refractivity contribution in [2.75, 3.05) is 6.54 Å². The average Bonchev–Trinajstić information content (AvgIpc) is 3.37. The zero-order chi connectivity index (χ0) is 16.8.